The summed E-state index contributed by atoms with van der Waals surface area (Å²) in [5.41, 5.74) is 2.37. The van der Waals surface area contributed by atoms with Gasteiger partial charge >= 0.3 is 0 Å². The van der Waals surface area contributed by atoms with Gasteiger partial charge < -0.3 is 4.74 Å². The van der Waals surface area contributed by atoms with Gasteiger partial charge in [0.15, 0.2) is 0 Å². The number of aryl methyl sites for hydroxylation is 1. The van der Waals surface area contributed by atoms with Gasteiger partial charge in [-0.2, -0.15) is 5.26 Å². The van der Waals surface area contributed by atoms with Crippen molar-refractivity contribution >= 4 is 10.8 Å². The Kier molecular flexibility index (Phi) is 3.07. The minimum Gasteiger partial charge on any atom is -0.423 e. The van der Waals surface area contributed by atoms with Crippen molar-refractivity contribution in [1.82, 2.24) is 0 Å². The number of hydrogen-bond acceptors (Lipinski definition) is 2. The zero-order valence-corrected chi connectivity index (χ0v) is 9.23. The Balaban J connectivity index is 2.36. The second-order valence-corrected chi connectivity index (χ2v) is 3.75. The molecule has 0 radical (unpaired) electrons. The van der Waals surface area contributed by atoms with Crippen LogP contribution >= 0.6 is 0 Å². The molecule has 0 N–H and O–H groups in total. The summed E-state index contributed by atoms with van der Waals surface area (Å²) < 4.78 is 4.72. The maximum Gasteiger partial charge on any atom is 0.286 e. The number of fused-ring (bicyclic) bond motifs is 1. The smallest absolute Gasteiger partial charge is 0.286 e. The fraction of sp³-hybridized carbons (Fsp3) is 0.214. The molecule has 0 amide bonds. The number of rotatable bonds is 3. The third-order valence-corrected chi connectivity index (χ3v) is 2.68. The number of nitriles is 1. The molecule has 0 aliphatic rings. The first-order valence-electron chi connectivity index (χ1n) is 5.36. The SMILES string of the molecule is CCc1ccc2cc(COC#N)ccc2c1. The van der Waals surface area contributed by atoms with E-state index in [2.05, 4.69) is 37.3 Å². The summed E-state index contributed by atoms with van der Waals surface area (Å²) in [5.74, 6) is 0. The second kappa shape index (κ2) is 4.67. The average Bonchev–Trinajstić information content (AvgIpc) is 2.35. The fourth-order valence-corrected chi connectivity index (χ4v) is 1.77. The van der Waals surface area contributed by atoms with E-state index in [9.17, 15) is 0 Å². The van der Waals surface area contributed by atoms with Crippen LogP contribution in [0, 0.1) is 11.5 Å². The fourth-order valence-electron chi connectivity index (χ4n) is 1.77. The van der Waals surface area contributed by atoms with Gasteiger partial charge in [-0.25, -0.2) is 0 Å². The van der Waals surface area contributed by atoms with Crippen molar-refractivity contribution in [3.63, 3.8) is 0 Å². The second-order valence-electron chi connectivity index (χ2n) is 3.75. The largest absolute Gasteiger partial charge is 0.423 e. The Labute approximate surface area is 95.1 Å². The summed E-state index contributed by atoms with van der Waals surface area (Å²) in [6.45, 7) is 2.50. The number of benzene rings is 2. The van der Waals surface area contributed by atoms with Crippen molar-refractivity contribution < 1.29 is 4.74 Å². The van der Waals surface area contributed by atoms with Gasteiger partial charge in [-0.15, -0.1) is 0 Å². The zero-order valence-electron chi connectivity index (χ0n) is 9.23. The molecular formula is C14H13NO. The predicted octanol–water partition coefficient (Wildman–Crippen LogP) is 3.40. The highest BCUT2D eigenvalue weighted by Gasteiger charge is 1.98. The van der Waals surface area contributed by atoms with Crippen LogP contribution in [-0.4, -0.2) is 0 Å². The molecule has 2 heteroatoms. The Bertz CT molecular complexity index is 540. The van der Waals surface area contributed by atoms with E-state index in [4.69, 9.17) is 10.00 Å². The van der Waals surface area contributed by atoms with Crippen molar-refractivity contribution in [3.05, 3.63) is 47.5 Å². The summed E-state index contributed by atoms with van der Waals surface area (Å²) in [4.78, 5) is 0. The number of ether oxygens (including phenoxy) is 1. The molecule has 2 nitrogen and oxygen atoms in total. The summed E-state index contributed by atoms with van der Waals surface area (Å²) >= 11 is 0. The van der Waals surface area contributed by atoms with Crippen LogP contribution in [0.2, 0.25) is 0 Å². The van der Waals surface area contributed by atoms with Crippen molar-refractivity contribution in [3.8, 4) is 6.26 Å². The highest BCUT2D eigenvalue weighted by molar-refractivity contribution is 5.83. The van der Waals surface area contributed by atoms with E-state index in [-0.39, 0.29) is 0 Å². The maximum absolute atomic E-state index is 8.34. The molecule has 0 spiro atoms. The van der Waals surface area contributed by atoms with Crippen LogP contribution in [0.4, 0.5) is 0 Å². The van der Waals surface area contributed by atoms with Crippen LogP contribution in [0.3, 0.4) is 0 Å². The molecule has 0 aromatic heterocycles. The van der Waals surface area contributed by atoms with Gasteiger partial charge in [0.2, 0.25) is 0 Å². The van der Waals surface area contributed by atoms with Crippen LogP contribution < -0.4 is 0 Å². The minimum atomic E-state index is 0.349. The first-order valence-corrected chi connectivity index (χ1v) is 5.36. The molecular weight excluding hydrogens is 198 g/mol. The average molecular weight is 211 g/mol. The molecule has 0 saturated heterocycles. The highest BCUT2D eigenvalue weighted by atomic mass is 16.5. The molecule has 80 valence electrons. The van der Waals surface area contributed by atoms with Gasteiger partial charge in [0, 0.05) is 0 Å². The van der Waals surface area contributed by atoms with Crippen molar-refractivity contribution in [2.45, 2.75) is 20.0 Å². The maximum atomic E-state index is 8.34. The number of hydrogen-bond donors (Lipinski definition) is 0. The molecule has 0 atom stereocenters. The highest BCUT2D eigenvalue weighted by Crippen LogP contribution is 2.18. The quantitative estimate of drug-likeness (QED) is 0.729. The van der Waals surface area contributed by atoms with Gasteiger partial charge in [0.05, 0.1) is 0 Å². The first kappa shape index (κ1) is 10.5. The lowest BCUT2D eigenvalue weighted by Gasteiger charge is -2.04. The molecule has 2 rings (SSSR count). The Morgan fingerprint density at radius 3 is 2.31 bits per heavy atom. The van der Waals surface area contributed by atoms with Crippen LogP contribution in [0.15, 0.2) is 36.4 Å². The third kappa shape index (κ3) is 2.14. The Hall–Kier alpha value is -2.01. The Morgan fingerprint density at radius 2 is 1.69 bits per heavy atom. The standard InChI is InChI=1S/C14H13NO/c1-2-11-3-5-14-8-12(9-16-10-15)4-6-13(14)7-11/h3-8H,2,9H2,1H3. The van der Waals surface area contributed by atoms with E-state index in [1.807, 2.05) is 6.07 Å². The van der Waals surface area contributed by atoms with Crippen LogP contribution in [0.5, 0.6) is 0 Å². The molecule has 0 aliphatic carbocycles. The van der Waals surface area contributed by atoms with Gasteiger partial charge in [-0.05, 0) is 34.4 Å². The molecule has 2 aromatic carbocycles. The van der Waals surface area contributed by atoms with Gasteiger partial charge in [0.25, 0.3) is 6.26 Å². The van der Waals surface area contributed by atoms with Crippen LogP contribution in [0.1, 0.15) is 18.1 Å². The minimum absolute atomic E-state index is 0.349. The monoisotopic (exact) mass is 211 g/mol. The summed E-state index contributed by atoms with van der Waals surface area (Å²) in [7, 11) is 0. The van der Waals surface area contributed by atoms with E-state index in [1.54, 1.807) is 6.26 Å². The van der Waals surface area contributed by atoms with Crippen molar-refractivity contribution in [2.75, 3.05) is 0 Å². The van der Waals surface area contributed by atoms with E-state index < -0.39 is 0 Å². The van der Waals surface area contributed by atoms with Gasteiger partial charge in [-0.1, -0.05) is 37.3 Å². The lowest BCUT2D eigenvalue weighted by molar-refractivity contribution is 0.258. The van der Waals surface area contributed by atoms with Crippen LogP contribution in [-0.2, 0) is 17.8 Å². The summed E-state index contributed by atoms with van der Waals surface area (Å²) in [6.07, 6.45) is 2.73. The molecule has 0 unspecified atom stereocenters. The molecule has 2 aromatic rings. The molecule has 0 fully saturated rings. The lowest BCUT2D eigenvalue weighted by Crippen LogP contribution is -1.87. The molecule has 0 saturated carbocycles. The van der Waals surface area contributed by atoms with Crippen molar-refractivity contribution in [2.24, 2.45) is 0 Å². The van der Waals surface area contributed by atoms with Gasteiger partial charge in [-0.3, -0.25) is 0 Å². The summed E-state index contributed by atoms with van der Waals surface area (Å²) in [5, 5.41) is 10.8. The predicted molar refractivity (Wildman–Crippen MR) is 63.7 cm³/mol. The van der Waals surface area contributed by atoms with E-state index in [0.717, 1.165) is 12.0 Å². The topological polar surface area (TPSA) is 33.0 Å². The normalized spacial score (nSPS) is 10.0. The van der Waals surface area contributed by atoms with E-state index in [0.29, 0.717) is 6.61 Å². The number of nitrogens with zero attached hydrogens (tertiary/aromatic N) is 1. The first-order chi connectivity index (χ1) is 7.83. The molecule has 0 heterocycles. The molecule has 0 bridgehead atoms. The third-order valence-electron chi connectivity index (χ3n) is 2.68. The Morgan fingerprint density at radius 1 is 1.06 bits per heavy atom. The van der Waals surface area contributed by atoms with Crippen molar-refractivity contribution in [1.29, 1.82) is 5.26 Å². The van der Waals surface area contributed by atoms with Crippen LogP contribution in [0.25, 0.3) is 10.8 Å². The van der Waals surface area contributed by atoms with E-state index in [1.165, 1.54) is 16.3 Å². The lowest BCUT2D eigenvalue weighted by atomic mass is 10.0. The van der Waals surface area contributed by atoms with E-state index >= 15 is 0 Å². The zero-order chi connectivity index (χ0) is 11.4. The van der Waals surface area contributed by atoms with Gasteiger partial charge in [0.1, 0.15) is 6.61 Å². The summed E-state index contributed by atoms with van der Waals surface area (Å²) in [6, 6.07) is 12.6. The molecule has 16 heavy (non-hydrogen) atoms. The molecule has 0 aliphatic heterocycles.